The van der Waals surface area contributed by atoms with Crippen LogP contribution in [0.15, 0.2) is 84.1 Å². The molecule has 0 aliphatic heterocycles. The van der Waals surface area contributed by atoms with E-state index < -0.39 is 10.8 Å². The van der Waals surface area contributed by atoms with Gasteiger partial charge in [-0.25, -0.2) is 5.43 Å². The molecule has 8 heteroatoms. The van der Waals surface area contributed by atoms with Gasteiger partial charge in [0.2, 0.25) is 0 Å². The molecule has 1 aromatic heterocycles. The second-order valence-electron chi connectivity index (χ2n) is 7.06. The summed E-state index contributed by atoms with van der Waals surface area (Å²) >= 11 is 0. The molecular weight excluding hydrogens is 408 g/mol. The third-order valence-electron chi connectivity index (χ3n) is 5.02. The summed E-state index contributed by atoms with van der Waals surface area (Å²) in [5.74, 6) is -0.377. The minimum atomic E-state index is -0.602. The molecule has 8 nitrogen and oxygen atoms in total. The Kier molecular flexibility index (Phi) is 5.94. The Labute approximate surface area is 183 Å². The molecule has 0 spiro atoms. The first-order valence-electron chi connectivity index (χ1n) is 9.84. The van der Waals surface area contributed by atoms with Gasteiger partial charge in [0.05, 0.1) is 23.8 Å². The van der Waals surface area contributed by atoms with Gasteiger partial charge in [-0.15, -0.1) is 0 Å². The van der Waals surface area contributed by atoms with E-state index in [0.29, 0.717) is 6.54 Å². The average molecular weight is 428 g/mol. The fraction of sp³-hybridized carbons (Fsp3) is 0.0833. The van der Waals surface area contributed by atoms with Gasteiger partial charge in [0, 0.05) is 41.3 Å². The van der Waals surface area contributed by atoms with Crippen LogP contribution in [-0.2, 0) is 6.54 Å². The maximum absolute atomic E-state index is 12.6. The number of aromatic nitrogens is 1. The number of methoxy groups -OCH3 is 1. The number of para-hydroxylation sites is 1. The first kappa shape index (κ1) is 20.8. The highest BCUT2D eigenvalue weighted by atomic mass is 16.6. The zero-order valence-electron chi connectivity index (χ0n) is 17.3. The standard InChI is InChI=1S/C24H20N4O4/c1-32-23-12-11-19(28(30)31)13-21(23)24(29)26-25-14-18-16-27(15-17-7-3-2-4-8-17)22-10-6-5-9-20(18)22/h2-14,16H,15H2,1H3,(H,26,29)/b25-14-. The van der Waals surface area contributed by atoms with Crippen LogP contribution >= 0.6 is 0 Å². The summed E-state index contributed by atoms with van der Waals surface area (Å²) < 4.78 is 7.27. The fourth-order valence-electron chi connectivity index (χ4n) is 3.50. The average Bonchev–Trinajstić information content (AvgIpc) is 3.16. The van der Waals surface area contributed by atoms with Gasteiger partial charge in [-0.3, -0.25) is 14.9 Å². The van der Waals surface area contributed by atoms with Crippen LogP contribution in [0.1, 0.15) is 21.5 Å². The first-order valence-corrected chi connectivity index (χ1v) is 9.84. The van der Waals surface area contributed by atoms with Crippen molar-refractivity contribution in [3.8, 4) is 5.75 Å². The van der Waals surface area contributed by atoms with Crippen LogP contribution in [0, 0.1) is 10.1 Å². The van der Waals surface area contributed by atoms with Gasteiger partial charge in [-0.2, -0.15) is 5.10 Å². The summed E-state index contributed by atoms with van der Waals surface area (Å²) in [7, 11) is 1.39. The van der Waals surface area contributed by atoms with Gasteiger partial charge in [0.15, 0.2) is 0 Å². The molecular formula is C24H20N4O4. The molecule has 160 valence electrons. The van der Waals surface area contributed by atoms with Crippen LogP contribution in [0.25, 0.3) is 10.9 Å². The molecule has 3 aromatic carbocycles. The predicted molar refractivity (Wildman–Crippen MR) is 122 cm³/mol. The summed E-state index contributed by atoms with van der Waals surface area (Å²) in [5.41, 5.74) is 5.31. The van der Waals surface area contributed by atoms with Crippen molar-refractivity contribution in [3.63, 3.8) is 0 Å². The van der Waals surface area contributed by atoms with Crippen molar-refractivity contribution in [1.82, 2.24) is 9.99 Å². The van der Waals surface area contributed by atoms with E-state index in [1.54, 1.807) is 6.21 Å². The highest BCUT2D eigenvalue weighted by Crippen LogP contribution is 2.24. The molecule has 4 rings (SSSR count). The molecule has 4 aromatic rings. The quantitative estimate of drug-likeness (QED) is 0.268. The second kappa shape index (κ2) is 9.13. The Morgan fingerprint density at radius 3 is 2.62 bits per heavy atom. The Morgan fingerprint density at radius 2 is 1.88 bits per heavy atom. The van der Waals surface area contributed by atoms with E-state index in [0.717, 1.165) is 22.5 Å². The van der Waals surface area contributed by atoms with Crippen molar-refractivity contribution >= 4 is 28.7 Å². The molecule has 1 amide bonds. The number of nitro groups is 1. The monoisotopic (exact) mass is 428 g/mol. The lowest BCUT2D eigenvalue weighted by molar-refractivity contribution is -0.384. The zero-order valence-corrected chi connectivity index (χ0v) is 17.3. The molecule has 32 heavy (non-hydrogen) atoms. The van der Waals surface area contributed by atoms with E-state index in [-0.39, 0.29) is 17.0 Å². The third-order valence-corrected chi connectivity index (χ3v) is 5.02. The van der Waals surface area contributed by atoms with Gasteiger partial charge in [-0.1, -0.05) is 48.5 Å². The lowest BCUT2D eigenvalue weighted by Crippen LogP contribution is -2.18. The predicted octanol–water partition coefficient (Wildman–Crippen LogP) is 4.37. The summed E-state index contributed by atoms with van der Waals surface area (Å²) in [6, 6.07) is 21.9. The van der Waals surface area contributed by atoms with Crippen molar-refractivity contribution in [2.45, 2.75) is 6.54 Å². The molecule has 0 saturated heterocycles. The van der Waals surface area contributed by atoms with Gasteiger partial charge in [0.1, 0.15) is 5.75 Å². The van der Waals surface area contributed by atoms with Crippen LogP contribution in [-0.4, -0.2) is 28.7 Å². The number of hydrogen-bond donors (Lipinski definition) is 1. The molecule has 0 unspecified atom stereocenters. The Bertz CT molecular complexity index is 1310. The molecule has 0 saturated carbocycles. The van der Waals surface area contributed by atoms with Crippen LogP contribution in [0.4, 0.5) is 5.69 Å². The molecule has 0 atom stereocenters. The maximum Gasteiger partial charge on any atom is 0.275 e. The number of rotatable bonds is 7. The van der Waals surface area contributed by atoms with E-state index in [1.807, 2.05) is 48.7 Å². The van der Waals surface area contributed by atoms with Crippen molar-refractivity contribution in [2.24, 2.45) is 5.10 Å². The minimum absolute atomic E-state index is 0.0327. The molecule has 0 radical (unpaired) electrons. The van der Waals surface area contributed by atoms with Crippen molar-refractivity contribution in [1.29, 1.82) is 0 Å². The van der Waals surface area contributed by atoms with Crippen molar-refractivity contribution in [3.05, 3.63) is 106 Å². The Morgan fingerprint density at radius 1 is 1.12 bits per heavy atom. The topological polar surface area (TPSA) is 98.8 Å². The number of amides is 1. The summed E-state index contributed by atoms with van der Waals surface area (Å²) in [5, 5.41) is 16.1. The molecule has 0 bridgehead atoms. The van der Waals surface area contributed by atoms with E-state index in [4.69, 9.17) is 4.74 Å². The number of nitrogens with zero attached hydrogens (tertiary/aromatic N) is 3. The highest BCUT2D eigenvalue weighted by Gasteiger charge is 2.17. The molecule has 0 aliphatic carbocycles. The van der Waals surface area contributed by atoms with Gasteiger partial charge in [-0.05, 0) is 17.7 Å². The van der Waals surface area contributed by atoms with Crippen LogP contribution in [0.3, 0.4) is 0 Å². The normalized spacial score (nSPS) is 11.0. The molecule has 1 heterocycles. The molecule has 1 N–H and O–H groups in total. The summed E-state index contributed by atoms with van der Waals surface area (Å²) in [6.45, 7) is 0.701. The number of nitrogens with one attached hydrogen (secondary N) is 1. The van der Waals surface area contributed by atoms with Crippen molar-refractivity contribution in [2.75, 3.05) is 7.11 Å². The van der Waals surface area contributed by atoms with Gasteiger partial charge < -0.3 is 9.30 Å². The minimum Gasteiger partial charge on any atom is -0.496 e. The number of nitro benzene ring substituents is 1. The smallest absolute Gasteiger partial charge is 0.275 e. The first-order chi connectivity index (χ1) is 15.6. The lowest BCUT2D eigenvalue weighted by Gasteiger charge is -2.06. The Hall–Kier alpha value is -4.46. The number of carbonyl (C=O) groups excluding carboxylic acids is 1. The number of ether oxygens (including phenoxy) is 1. The van der Waals surface area contributed by atoms with E-state index in [9.17, 15) is 14.9 Å². The Balaban J connectivity index is 1.58. The number of hydrazone groups is 1. The van der Waals surface area contributed by atoms with Crippen LogP contribution in [0.5, 0.6) is 5.75 Å². The molecule has 0 aliphatic rings. The number of fused-ring (bicyclic) bond motifs is 1. The number of non-ortho nitro benzene ring substituents is 1. The highest BCUT2D eigenvalue weighted by molar-refractivity contribution is 6.01. The largest absolute Gasteiger partial charge is 0.496 e. The second-order valence-corrected chi connectivity index (χ2v) is 7.06. The van der Waals surface area contributed by atoms with Crippen LogP contribution in [0.2, 0.25) is 0 Å². The lowest BCUT2D eigenvalue weighted by atomic mass is 10.1. The molecule has 0 fully saturated rings. The SMILES string of the molecule is COc1ccc([N+](=O)[O-])cc1C(=O)N/N=C\c1cn(Cc2ccccc2)c2ccccc12. The fourth-order valence-corrected chi connectivity index (χ4v) is 3.50. The third kappa shape index (κ3) is 4.34. The summed E-state index contributed by atoms with van der Waals surface area (Å²) in [4.78, 5) is 23.0. The van der Waals surface area contributed by atoms with Crippen molar-refractivity contribution < 1.29 is 14.5 Å². The van der Waals surface area contributed by atoms with Crippen LogP contribution < -0.4 is 10.2 Å². The van der Waals surface area contributed by atoms with Gasteiger partial charge in [0.25, 0.3) is 11.6 Å². The zero-order chi connectivity index (χ0) is 22.5. The summed E-state index contributed by atoms with van der Waals surface area (Å²) in [6.07, 6.45) is 3.53. The maximum atomic E-state index is 12.6. The number of carbonyl (C=O) groups is 1. The van der Waals surface area contributed by atoms with E-state index in [1.165, 1.54) is 24.8 Å². The van der Waals surface area contributed by atoms with Gasteiger partial charge >= 0.3 is 0 Å². The number of hydrogen-bond acceptors (Lipinski definition) is 5. The number of benzene rings is 3. The van der Waals surface area contributed by atoms with E-state index >= 15 is 0 Å². The van der Waals surface area contributed by atoms with E-state index in [2.05, 4.69) is 27.2 Å².